The van der Waals surface area contributed by atoms with E-state index in [0.29, 0.717) is 16.8 Å². The fourth-order valence-electron chi connectivity index (χ4n) is 3.72. The number of anilines is 2. The molecule has 3 aromatic carbocycles. The average Bonchev–Trinajstić information content (AvgIpc) is 2.94. The van der Waals surface area contributed by atoms with Crippen LogP contribution in [0.5, 0.6) is 0 Å². The van der Waals surface area contributed by atoms with Gasteiger partial charge in [0.05, 0.1) is 5.75 Å². The van der Waals surface area contributed by atoms with Crippen molar-refractivity contribution in [3.8, 4) is 0 Å². The van der Waals surface area contributed by atoms with Crippen LogP contribution in [0, 0.1) is 13.8 Å². The lowest BCUT2D eigenvalue weighted by molar-refractivity contribution is -0.114. The van der Waals surface area contributed by atoms with Crippen LogP contribution in [0.25, 0.3) is 6.08 Å². The highest BCUT2D eigenvalue weighted by Gasteiger charge is 2.15. The van der Waals surface area contributed by atoms with Gasteiger partial charge in [-0.1, -0.05) is 48.0 Å². The molecule has 0 aliphatic carbocycles. The third-order valence-electron chi connectivity index (χ3n) is 5.64. The molecular formula is C31H28N4O3S. The van der Waals surface area contributed by atoms with E-state index in [-0.39, 0.29) is 17.4 Å². The van der Waals surface area contributed by atoms with E-state index < -0.39 is 11.8 Å². The maximum absolute atomic E-state index is 13.2. The zero-order valence-electron chi connectivity index (χ0n) is 21.6. The van der Waals surface area contributed by atoms with Gasteiger partial charge in [-0.3, -0.25) is 19.4 Å². The van der Waals surface area contributed by atoms with Crippen molar-refractivity contribution in [1.82, 2.24) is 10.3 Å². The number of amides is 3. The third-order valence-corrected chi connectivity index (χ3v) is 6.64. The van der Waals surface area contributed by atoms with Crippen LogP contribution in [0.15, 0.2) is 108 Å². The topological polar surface area (TPSA) is 100 Å². The van der Waals surface area contributed by atoms with Gasteiger partial charge in [0.15, 0.2) is 0 Å². The summed E-state index contributed by atoms with van der Waals surface area (Å²) in [6.07, 6.45) is 4.80. The van der Waals surface area contributed by atoms with Crippen molar-refractivity contribution in [3.05, 3.63) is 125 Å². The molecule has 0 atom stereocenters. The molecule has 1 heterocycles. The average molecular weight is 537 g/mol. The first kappa shape index (κ1) is 27.3. The molecule has 0 aliphatic heterocycles. The molecule has 0 bridgehead atoms. The molecule has 1 aromatic heterocycles. The van der Waals surface area contributed by atoms with Gasteiger partial charge in [0.1, 0.15) is 5.70 Å². The van der Waals surface area contributed by atoms with Gasteiger partial charge in [-0.15, -0.1) is 11.8 Å². The monoisotopic (exact) mass is 536 g/mol. The molecule has 0 saturated heterocycles. The third kappa shape index (κ3) is 8.15. The minimum absolute atomic E-state index is 0.0720. The van der Waals surface area contributed by atoms with Crippen LogP contribution < -0.4 is 16.0 Å². The van der Waals surface area contributed by atoms with Gasteiger partial charge in [-0.25, -0.2) is 0 Å². The number of nitrogens with one attached hydrogen (secondary N) is 3. The standard InChI is InChI=1S/C31H28N4O3S/c1-21-13-14-27(22(2)16-21)34-29(36)20-39-26-12-6-11-25(18-26)33-31(38)28(17-23-8-7-15-32-19-23)35-30(37)24-9-4-3-5-10-24/h3-19H,20H2,1-2H3,(H,33,38)(H,34,36)(H,35,37)/b28-17-. The molecule has 7 nitrogen and oxygen atoms in total. The quantitative estimate of drug-likeness (QED) is 0.184. The molecule has 0 spiro atoms. The van der Waals surface area contributed by atoms with E-state index in [1.165, 1.54) is 11.8 Å². The van der Waals surface area contributed by atoms with Crippen molar-refractivity contribution in [2.75, 3.05) is 16.4 Å². The summed E-state index contributed by atoms with van der Waals surface area (Å²) in [5.41, 5.74) is 4.63. The van der Waals surface area contributed by atoms with Gasteiger partial charge in [-0.2, -0.15) is 0 Å². The summed E-state index contributed by atoms with van der Waals surface area (Å²) in [4.78, 5) is 43.4. The fourth-order valence-corrected chi connectivity index (χ4v) is 4.48. The second-order valence-electron chi connectivity index (χ2n) is 8.80. The normalized spacial score (nSPS) is 11.0. The molecule has 3 amide bonds. The van der Waals surface area contributed by atoms with Crippen LogP contribution in [-0.4, -0.2) is 28.5 Å². The molecule has 0 unspecified atom stereocenters. The summed E-state index contributed by atoms with van der Waals surface area (Å²) in [7, 11) is 0. The number of aryl methyl sites for hydroxylation is 2. The molecule has 0 fully saturated rings. The smallest absolute Gasteiger partial charge is 0.272 e. The summed E-state index contributed by atoms with van der Waals surface area (Å²) >= 11 is 1.36. The number of thioether (sulfide) groups is 1. The molecule has 0 saturated carbocycles. The van der Waals surface area contributed by atoms with Crippen molar-refractivity contribution in [3.63, 3.8) is 0 Å². The minimum Gasteiger partial charge on any atom is -0.325 e. The molecule has 4 aromatic rings. The molecule has 0 aliphatic rings. The van der Waals surface area contributed by atoms with Crippen LogP contribution in [0.3, 0.4) is 0 Å². The second kappa shape index (κ2) is 13.2. The van der Waals surface area contributed by atoms with E-state index in [9.17, 15) is 14.4 Å². The summed E-state index contributed by atoms with van der Waals surface area (Å²) in [5.74, 6) is -0.797. The van der Waals surface area contributed by atoms with E-state index in [1.54, 1.807) is 73.1 Å². The Morgan fingerprint density at radius 1 is 0.872 bits per heavy atom. The van der Waals surface area contributed by atoms with Crippen molar-refractivity contribution in [1.29, 1.82) is 0 Å². The minimum atomic E-state index is -0.488. The number of carbonyl (C=O) groups is 3. The zero-order chi connectivity index (χ0) is 27.6. The molecule has 8 heteroatoms. The molecule has 3 N–H and O–H groups in total. The van der Waals surface area contributed by atoms with Gasteiger partial charge in [0.2, 0.25) is 5.91 Å². The van der Waals surface area contributed by atoms with Gasteiger partial charge in [0, 0.05) is 34.2 Å². The van der Waals surface area contributed by atoms with E-state index >= 15 is 0 Å². The molecule has 4 rings (SSSR count). The van der Waals surface area contributed by atoms with Crippen molar-refractivity contribution >= 4 is 46.9 Å². The van der Waals surface area contributed by atoms with Gasteiger partial charge in [0.25, 0.3) is 11.8 Å². The van der Waals surface area contributed by atoms with E-state index in [4.69, 9.17) is 0 Å². The molecule has 196 valence electrons. The van der Waals surface area contributed by atoms with Crippen molar-refractivity contribution < 1.29 is 14.4 Å². The Kier molecular flexibility index (Phi) is 9.26. The van der Waals surface area contributed by atoms with Gasteiger partial charge in [-0.05, 0) is 73.5 Å². The number of carbonyl (C=O) groups excluding carboxylic acids is 3. The maximum Gasteiger partial charge on any atom is 0.272 e. The number of hydrogen-bond acceptors (Lipinski definition) is 5. The number of benzene rings is 3. The Balaban J connectivity index is 1.43. The SMILES string of the molecule is Cc1ccc(NC(=O)CSc2cccc(NC(=O)/C(=C/c3cccnc3)NC(=O)c3ccccc3)c2)c(C)c1. The largest absolute Gasteiger partial charge is 0.325 e. The highest BCUT2D eigenvalue weighted by atomic mass is 32.2. The van der Waals surface area contributed by atoms with E-state index in [1.807, 2.05) is 44.2 Å². The number of aromatic nitrogens is 1. The van der Waals surface area contributed by atoms with Crippen LogP contribution >= 0.6 is 11.8 Å². The summed E-state index contributed by atoms with van der Waals surface area (Å²) in [6, 6.07) is 25.3. The Bertz CT molecular complexity index is 1510. The molecule has 0 radical (unpaired) electrons. The first-order valence-electron chi connectivity index (χ1n) is 12.3. The predicted molar refractivity (Wildman–Crippen MR) is 156 cm³/mol. The summed E-state index contributed by atoms with van der Waals surface area (Å²) in [6.45, 7) is 3.97. The first-order valence-corrected chi connectivity index (χ1v) is 13.3. The maximum atomic E-state index is 13.2. The van der Waals surface area contributed by atoms with Crippen LogP contribution in [0.1, 0.15) is 27.0 Å². The number of rotatable bonds is 9. The van der Waals surface area contributed by atoms with Crippen LogP contribution in [0.4, 0.5) is 11.4 Å². The molecule has 39 heavy (non-hydrogen) atoms. The van der Waals surface area contributed by atoms with Crippen LogP contribution in [0.2, 0.25) is 0 Å². The number of nitrogens with zero attached hydrogens (tertiary/aromatic N) is 1. The Hall–Kier alpha value is -4.69. The zero-order valence-corrected chi connectivity index (χ0v) is 22.4. The number of pyridine rings is 1. The predicted octanol–water partition coefficient (Wildman–Crippen LogP) is 5.84. The number of hydrogen-bond donors (Lipinski definition) is 3. The van der Waals surface area contributed by atoms with Crippen molar-refractivity contribution in [2.24, 2.45) is 0 Å². The summed E-state index contributed by atoms with van der Waals surface area (Å²) < 4.78 is 0. The Labute approximate surface area is 231 Å². The van der Waals surface area contributed by atoms with Gasteiger partial charge >= 0.3 is 0 Å². The lowest BCUT2D eigenvalue weighted by Gasteiger charge is -2.12. The van der Waals surface area contributed by atoms with E-state index in [2.05, 4.69) is 20.9 Å². The molecular weight excluding hydrogens is 508 g/mol. The van der Waals surface area contributed by atoms with Gasteiger partial charge < -0.3 is 16.0 Å². The highest BCUT2D eigenvalue weighted by Crippen LogP contribution is 2.23. The lowest BCUT2D eigenvalue weighted by atomic mass is 10.1. The lowest BCUT2D eigenvalue weighted by Crippen LogP contribution is -2.30. The highest BCUT2D eigenvalue weighted by molar-refractivity contribution is 8.00. The Morgan fingerprint density at radius 3 is 2.44 bits per heavy atom. The first-order chi connectivity index (χ1) is 18.9. The van der Waals surface area contributed by atoms with Crippen LogP contribution in [-0.2, 0) is 9.59 Å². The summed E-state index contributed by atoms with van der Waals surface area (Å²) in [5, 5.41) is 8.50. The fraction of sp³-hybridized carbons (Fsp3) is 0.0968. The van der Waals surface area contributed by atoms with Crippen molar-refractivity contribution in [2.45, 2.75) is 18.7 Å². The van der Waals surface area contributed by atoms with E-state index in [0.717, 1.165) is 21.7 Å². The second-order valence-corrected chi connectivity index (χ2v) is 9.85. The Morgan fingerprint density at radius 2 is 1.69 bits per heavy atom.